The number of nitrogens with one attached hydrogen (secondary N) is 3. The lowest BCUT2D eigenvalue weighted by Crippen LogP contribution is -2.46. The third-order valence-electron chi connectivity index (χ3n) is 5.15. The first kappa shape index (κ1) is 25.8. The second-order valence-electron chi connectivity index (χ2n) is 7.40. The monoisotopic (exact) mass is 522 g/mol. The molecule has 0 saturated carbocycles. The predicted octanol–water partition coefficient (Wildman–Crippen LogP) is 4.96. The number of nitrogens with zero attached hydrogens (tertiary/aromatic N) is 1. The Morgan fingerprint density at radius 2 is 1.91 bits per heavy atom. The van der Waals surface area contributed by atoms with Crippen molar-refractivity contribution >= 4 is 63.9 Å². The largest absolute Gasteiger partial charge is 0.460 e. The Balaban J connectivity index is 1.82. The summed E-state index contributed by atoms with van der Waals surface area (Å²) < 4.78 is 10.3. The van der Waals surface area contributed by atoms with Crippen molar-refractivity contribution < 1.29 is 19.1 Å². The van der Waals surface area contributed by atoms with E-state index in [1.807, 2.05) is 6.07 Å². The molecule has 3 rings (SSSR count). The van der Waals surface area contributed by atoms with Crippen LogP contribution in [0.2, 0.25) is 10.0 Å². The Bertz CT molecular complexity index is 1140. The first-order chi connectivity index (χ1) is 16.2. The van der Waals surface area contributed by atoms with E-state index in [2.05, 4.69) is 16.0 Å². The van der Waals surface area contributed by atoms with Gasteiger partial charge in [0.2, 0.25) is 0 Å². The van der Waals surface area contributed by atoms with Gasteiger partial charge in [0.05, 0.1) is 28.9 Å². The van der Waals surface area contributed by atoms with E-state index in [1.165, 1.54) is 13.2 Å². The molecule has 1 heterocycles. The molecule has 3 N–H and O–H groups in total. The lowest BCUT2D eigenvalue weighted by atomic mass is 9.95. The summed E-state index contributed by atoms with van der Waals surface area (Å²) in [5, 5.41) is 9.87. The number of anilines is 2. The number of urea groups is 1. The average molecular weight is 523 g/mol. The third-order valence-corrected chi connectivity index (χ3v) is 6.09. The molecule has 0 aliphatic carbocycles. The zero-order chi connectivity index (χ0) is 24.8. The summed E-state index contributed by atoms with van der Waals surface area (Å²) in [6, 6.07) is 10.8. The van der Waals surface area contributed by atoms with Crippen LogP contribution in [0.1, 0.15) is 18.5 Å². The molecule has 2 aromatic carbocycles. The summed E-state index contributed by atoms with van der Waals surface area (Å²) in [6.07, 6.45) is 0. The van der Waals surface area contributed by atoms with Gasteiger partial charge in [-0.3, -0.25) is 0 Å². The molecule has 1 aliphatic rings. The van der Waals surface area contributed by atoms with E-state index >= 15 is 0 Å². The van der Waals surface area contributed by atoms with Crippen LogP contribution in [0.4, 0.5) is 16.2 Å². The van der Waals surface area contributed by atoms with Gasteiger partial charge in [0.15, 0.2) is 5.11 Å². The van der Waals surface area contributed by atoms with E-state index in [-0.39, 0.29) is 13.2 Å². The Labute approximate surface area is 213 Å². The van der Waals surface area contributed by atoms with Gasteiger partial charge in [-0.05, 0) is 55.0 Å². The van der Waals surface area contributed by atoms with Crippen molar-refractivity contribution in [3.05, 3.63) is 69.3 Å². The number of benzene rings is 2. The van der Waals surface area contributed by atoms with Crippen LogP contribution in [0.25, 0.3) is 0 Å². The number of halogens is 2. The second kappa shape index (κ2) is 11.5. The lowest BCUT2D eigenvalue weighted by Gasteiger charge is -2.35. The van der Waals surface area contributed by atoms with Crippen LogP contribution in [0, 0.1) is 0 Å². The van der Waals surface area contributed by atoms with E-state index in [0.717, 1.165) is 5.56 Å². The van der Waals surface area contributed by atoms with Crippen molar-refractivity contribution in [3.63, 3.8) is 0 Å². The highest BCUT2D eigenvalue weighted by molar-refractivity contribution is 7.80. The number of carbonyl (C=O) groups excluding carboxylic acids is 2. The average Bonchev–Trinajstić information content (AvgIpc) is 2.79. The summed E-state index contributed by atoms with van der Waals surface area (Å²) in [7, 11) is 3.30. The van der Waals surface area contributed by atoms with E-state index in [9.17, 15) is 9.59 Å². The molecule has 2 aromatic rings. The summed E-state index contributed by atoms with van der Waals surface area (Å²) in [5.41, 5.74) is 2.74. The minimum atomic E-state index is -0.561. The van der Waals surface area contributed by atoms with Crippen molar-refractivity contribution in [1.82, 2.24) is 10.2 Å². The summed E-state index contributed by atoms with van der Waals surface area (Å²) >= 11 is 17.5. The molecule has 1 unspecified atom stereocenters. The molecule has 0 fully saturated rings. The number of methoxy groups -OCH3 is 1. The summed E-state index contributed by atoms with van der Waals surface area (Å²) in [4.78, 5) is 27.1. The number of ether oxygens (including phenoxy) is 2. The molecule has 1 aliphatic heterocycles. The zero-order valence-corrected chi connectivity index (χ0v) is 21.1. The van der Waals surface area contributed by atoms with Gasteiger partial charge >= 0.3 is 12.0 Å². The molecular weight excluding hydrogens is 499 g/mol. The quantitative estimate of drug-likeness (QED) is 0.268. The van der Waals surface area contributed by atoms with Crippen molar-refractivity contribution in [2.24, 2.45) is 0 Å². The minimum absolute atomic E-state index is 0.127. The molecule has 180 valence electrons. The topological polar surface area (TPSA) is 91.9 Å². The van der Waals surface area contributed by atoms with Gasteiger partial charge in [0.1, 0.15) is 6.61 Å². The number of amides is 2. The molecule has 1 atom stereocenters. The maximum absolute atomic E-state index is 12.9. The van der Waals surface area contributed by atoms with Crippen LogP contribution < -0.4 is 16.0 Å². The number of esters is 1. The van der Waals surface area contributed by atoms with E-state index in [1.54, 1.807) is 49.2 Å². The van der Waals surface area contributed by atoms with Crippen LogP contribution in [0.5, 0.6) is 0 Å². The maximum Gasteiger partial charge on any atom is 0.338 e. The smallest absolute Gasteiger partial charge is 0.338 e. The fourth-order valence-electron chi connectivity index (χ4n) is 3.32. The molecule has 2 amide bonds. The number of rotatable bonds is 7. The van der Waals surface area contributed by atoms with Crippen LogP contribution >= 0.6 is 35.4 Å². The molecule has 0 bridgehead atoms. The van der Waals surface area contributed by atoms with Gasteiger partial charge in [0, 0.05) is 30.6 Å². The predicted molar refractivity (Wildman–Crippen MR) is 137 cm³/mol. The van der Waals surface area contributed by atoms with Crippen molar-refractivity contribution in [2.45, 2.75) is 13.0 Å². The highest BCUT2D eigenvalue weighted by Crippen LogP contribution is 2.32. The highest BCUT2D eigenvalue weighted by Gasteiger charge is 2.33. The number of carbonyl (C=O) groups is 2. The standard InChI is InChI=1S/C23H24Cl2N4O4S/c1-13-19(21(30)33-10-9-32-3)20(28-23(34)29(13)2)14-5-4-6-16(11-14)26-22(31)27-18-8-7-15(24)12-17(18)25/h4-8,11-12,20H,9-10H2,1-3H3,(H,28,34)(H2,26,27,31). The van der Waals surface area contributed by atoms with Crippen molar-refractivity contribution in [1.29, 1.82) is 0 Å². The Kier molecular flexibility index (Phi) is 8.73. The first-order valence-corrected chi connectivity index (χ1v) is 11.4. The molecule has 34 heavy (non-hydrogen) atoms. The van der Waals surface area contributed by atoms with Gasteiger partial charge in [0.25, 0.3) is 0 Å². The summed E-state index contributed by atoms with van der Waals surface area (Å²) in [6.45, 7) is 2.22. The van der Waals surface area contributed by atoms with Crippen LogP contribution in [0.3, 0.4) is 0 Å². The fourth-order valence-corrected chi connectivity index (χ4v) is 4.03. The van der Waals surface area contributed by atoms with E-state index in [4.69, 9.17) is 44.9 Å². The van der Waals surface area contributed by atoms with Crippen LogP contribution in [0.15, 0.2) is 53.7 Å². The SMILES string of the molecule is COCCOC(=O)C1=C(C)N(C)C(=S)NC1c1cccc(NC(=O)Nc2ccc(Cl)cc2Cl)c1. The molecule has 0 saturated heterocycles. The second-order valence-corrected chi connectivity index (χ2v) is 8.63. The molecular formula is C23H24Cl2N4O4S. The molecule has 0 spiro atoms. The number of hydrogen-bond donors (Lipinski definition) is 3. The number of allylic oxidation sites excluding steroid dienone is 1. The number of thiocarbonyl (C=S) groups is 1. The third kappa shape index (κ3) is 6.18. The number of hydrogen-bond acceptors (Lipinski definition) is 5. The zero-order valence-electron chi connectivity index (χ0n) is 18.8. The van der Waals surface area contributed by atoms with E-state index in [0.29, 0.717) is 37.8 Å². The Morgan fingerprint density at radius 3 is 2.62 bits per heavy atom. The van der Waals surface area contributed by atoms with Crippen molar-refractivity contribution in [2.75, 3.05) is 38.0 Å². The van der Waals surface area contributed by atoms with Crippen LogP contribution in [-0.4, -0.2) is 49.4 Å². The molecule has 0 aromatic heterocycles. The van der Waals surface area contributed by atoms with E-state index < -0.39 is 18.0 Å². The van der Waals surface area contributed by atoms with Gasteiger partial charge in [-0.2, -0.15) is 0 Å². The maximum atomic E-state index is 12.9. The molecule has 8 nitrogen and oxygen atoms in total. The van der Waals surface area contributed by atoms with Crippen molar-refractivity contribution in [3.8, 4) is 0 Å². The minimum Gasteiger partial charge on any atom is -0.460 e. The summed E-state index contributed by atoms with van der Waals surface area (Å²) in [5.74, 6) is -0.477. The highest BCUT2D eigenvalue weighted by atomic mass is 35.5. The Morgan fingerprint density at radius 1 is 1.15 bits per heavy atom. The van der Waals surface area contributed by atoms with Gasteiger partial charge in [-0.25, -0.2) is 9.59 Å². The fraction of sp³-hybridized carbons (Fsp3) is 0.261. The molecule has 11 heteroatoms. The lowest BCUT2D eigenvalue weighted by molar-refractivity contribution is -0.140. The Hall–Kier alpha value is -2.85. The van der Waals surface area contributed by atoms with Gasteiger partial charge in [-0.1, -0.05) is 35.3 Å². The molecule has 0 radical (unpaired) electrons. The normalized spacial score (nSPS) is 15.6. The first-order valence-electron chi connectivity index (χ1n) is 10.2. The van der Waals surface area contributed by atoms with Gasteiger partial charge in [-0.15, -0.1) is 0 Å². The van der Waals surface area contributed by atoms with Gasteiger partial charge < -0.3 is 30.3 Å². The van der Waals surface area contributed by atoms with Crippen LogP contribution in [-0.2, 0) is 14.3 Å².